The van der Waals surface area contributed by atoms with Crippen molar-refractivity contribution in [3.63, 3.8) is 0 Å². The van der Waals surface area contributed by atoms with Crippen molar-refractivity contribution in [3.8, 4) is 0 Å². The number of nitrogens with zero attached hydrogens (tertiary/aromatic N) is 1. The van der Waals surface area contributed by atoms with Crippen LogP contribution in [0.5, 0.6) is 0 Å². The van der Waals surface area contributed by atoms with Crippen molar-refractivity contribution >= 4 is 5.91 Å². The Hall–Kier alpha value is -1.65. The van der Waals surface area contributed by atoms with Crippen molar-refractivity contribution in [1.82, 2.24) is 4.90 Å². The van der Waals surface area contributed by atoms with Gasteiger partial charge in [0.05, 0.1) is 13.2 Å². The zero-order valence-corrected chi connectivity index (χ0v) is 11.3. The van der Waals surface area contributed by atoms with Crippen molar-refractivity contribution in [2.75, 3.05) is 19.7 Å². The number of hydrogen-bond acceptors (Lipinski definition) is 3. The largest absolute Gasteiger partial charge is 0.395 e. The van der Waals surface area contributed by atoms with E-state index in [4.69, 9.17) is 9.84 Å². The fraction of sp³-hybridized carbons (Fsp3) is 0.400. The van der Waals surface area contributed by atoms with Crippen LogP contribution in [0.3, 0.4) is 0 Å². The monoisotopic (exact) mass is 263 g/mol. The second kappa shape index (κ2) is 8.45. The summed E-state index contributed by atoms with van der Waals surface area (Å²) in [5, 5.41) is 8.93. The van der Waals surface area contributed by atoms with Crippen molar-refractivity contribution in [2.45, 2.75) is 19.6 Å². The molecule has 0 aliphatic heterocycles. The van der Waals surface area contributed by atoms with Crippen molar-refractivity contribution in [3.05, 3.63) is 48.6 Å². The molecule has 1 aromatic carbocycles. The van der Waals surface area contributed by atoms with Crippen LogP contribution in [0.1, 0.15) is 12.5 Å². The lowest BCUT2D eigenvalue weighted by atomic mass is 10.2. The number of amides is 1. The summed E-state index contributed by atoms with van der Waals surface area (Å²) in [6, 6.07) is 9.70. The minimum atomic E-state index is -0.535. The maximum atomic E-state index is 12.1. The summed E-state index contributed by atoms with van der Waals surface area (Å²) in [7, 11) is 0. The number of hydrogen-bond donors (Lipinski definition) is 1. The van der Waals surface area contributed by atoms with Gasteiger partial charge in [-0.15, -0.1) is 6.58 Å². The normalized spacial score (nSPS) is 11.9. The lowest BCUT2D eigenvalue weighted by Crippen LogP contribution is -2.40. The molecule has 0 fully saturated rings. The van der Waals surface area contributed by atoms with Gasteiger partial charge >= 0.3 is 0 Å². The standard InChI is InChI=1S/C15H21NO3/c1-3-9-16(10-11-17)15(18)13(2)19-12-14-7-5-4-6-8-14/h3-8,13,17H,1,9-12H2,2H3. The lowest BCUT2D eigenvalue weighted by molar-refractivity contribution is -0.143. The van der Waals surface area contributed by atoms with E-state index >= 15 is 0 Å². The maximum Gasteiger partial charge on any atom is 0.251 e. The van der Waals surface area contributed by atoms with Crippen LogP contribution in [-0.2, 0) is 16.1 Å². The van der Waals surface area contributed by atoms with E-state index in [-0.39, 0.29) is 12.5 Å². The maximum absolute atomic E-state index is 12.1. The molecule has 0 aromatic heterocycles. The SMILES string of the molecule is C=CCN(CCO)C(=O)C(C)OCc1ccccc1. The van der Waals surface area contributed by atoms with Gasteiger partial charge in [-0.05, 0) is 12.5 Å². The molecule has 1 unspecified atom stereocenters. The molecule has 0 radical (unpaired) electrons. The van der Waals surface area contributed by atoms with Gasteiger partial charge in [0.15, 0.2) is 0 Å². The van der Waals surface area contributed by atoms with Gasteiger partial charge in [-0.3, -0.25) is 4.79 Å². The number of aliphatic hydroxyl groups excluding tert-OH is 1. The highest BCUT2D eigenvalue weighted by Crippen LogP contribution is 2.06. The van der Waals surface area contributed by atoms with Gasteiger partial charge in [0.2, 0.25) is 0 Å². The van der Waals surface area contributed by atoms with E-state index in [9.17, 15) is 4.79 Å². The van der Waals surface area contributed by atoms with Crippen LogP contribution in [0.25, 0.3) is 0 Å². The Labute approximate surface area is 114 Å². The van der Waals surface area contributed by atoms with Gasteiger partial charge in [0.25, 0.3) is 5.91 Å². The van der Waals surface area contributed by atoms with E-state index in [0.717, 1.165) is 5.56 Å². The molecule has 0 aliphatic carbocycles. The molecule has 0 bridgehead atoms. The minimum absolute atomic E-state index is 0.0645. The Morgan fingerprint density at radius 1 is 1.47 bits per heavy atom. The van der Waals surface area contributed by atoms with E-state index < -0.39 is 6.10 Å². The first kappa shape index (κ1) is 15.4. The lowest BCUT2D eigenvalue weighted by Gasteiger charge is -2.23. The average Bonchev–Trinajstić information content (AvgIpc) is 2.45. The molecule has 19 heavy (non-hydrogen) atoms. The van der Waals surface area contributed by atoms with Crippen LogP contribution in [0, 0.1) is 0 Å². The molecule has 1 N–H and O–H groups in total. The molecule has 4 heteroatoms. The Morgan fingerprint density at radius 3 is 2.74 bits per heavy atom. The van der Waals surface area contributed by atoms with E-state index in [1.807, 2.05) is 30.3 Å². The molecule has 0 aliphatic rings. The summed E-state index contributed by atoms with van der Waals surface area (Å²) in [5.74, 6) is -0.134. The Morgan fingerprint density at radius 2 is 2.16 bits per heavy atom. The molecule has 0 saturated heterocycles. The second-order valence-electron chi connectivity index (χ2n) is 4.24. The fourth-order valence-electron chi connectivity index (χ4n) is 1.69. The van der Waals surface area contributed by atoms with E-state index in [2.05, 4.69) is 6.58 Å². The number of carbonyl (C=O) groups excluding carboxylic acids is 1. The summed E-state index contributed by atoms with van der Waals surface area (Å²) in [4.78, 5) is 13.6. The summed E-state index contributed by atoms with van der Waals surface area (Å²) in [6.07, 6.45) is 1.10. The summed E-state index contributed by atoms with van der Waals surface area (Å²) in [5.41, 5.74) is 1.03. The third kappa shape index (κ3) is 5.24. The predicted octanol–water partition coefficient (Wildman–Crippen LogP) is 1.60. The molecular formula is C15H21NO3. The van der Waals surface area contributed by atoms with Crippen LogP contribution in [0.15, 0.2) is 43.0 Å². The summed E-state index contributed by atoms with van der Waals surface area (Å²) < 4.78 is 5.56. The molecule has 1 rings (SSSR count). The molecule has 0 heterocycles. The second-order valence-corrected chi connectivity index (χ2v) is 4.24. The van der Waals surface area contributed by atoms with Crippen LogP contribution in [-0.4, -0.2) is 41.7 Å². The number of aliphatic hydroxyl groups is 1. The summed E-state index contributed by atoms with van der Waals surface area (Å²) >= 11 is 0. The van der Waals surface area contributed by atoms with E-state index in [0.29, 0.717) is 19.7 Å². The molecule has 0 saturated carbocycles. The molecule has 1 atom stereocenters. The van der Waals surface area contributed by atoms with Crippen molar-refractivity contribution < 1.29 is 14.6 Å². The number of carbonyl (C=O) groups is 1. The van der Waals surface area contributed by atoms with Gasteiger partial charge in [0, 0.05) is 13.1 Å². The van der Waals surface area contributed by atoms with Crippen LogP contribution in [0.4, 0.5) is 0 Å². The van der Waals surface area contributed by atoms with Gasteiger partial charge in [-0.25, -0.2) is 0 Å². The van der Waals surface area contributed by atoms with Crippen LogP contribution >= 0.6 is 0 Å². The van der Waals surface area contributed by atoms with Crippen LogP contribution in [0.2, 0.25) is 0 Å². The molecular weight excluding hydrogens is 242 g/mol. The van der Waals surface area contributed by atoms with Gasteiger partial charge in [-0.2, -0.15) is 0 Å². The Bertz CT molecular complexity index is 392. The quantitative estimate of drug-likeness (QED) is 0.725. The topological polar surface area (TPSA) is 49.8 Å². The zero-order chi connectivity index (χ0) is 14.1. The highest BCUT2D eigenvalue weighted by molar-refractivity contribution is 5.80. The van der Waals surface area contributed by atoms with E-state index in [1.165, 1.54) is 4.90 Å². The molecule has 1 aromatic rings. The first-order chi connectivity index (χ1) is 9.19. The van der Waals surface area contributed by atoms with Gasteiger partial charge < -0.3 is 14.7 Å². The zero-order valence-electron chi connectivity index (χ0n) is 11.3. The molecule has 104 valence electrons. The average molecular weight is 263 g/mol. The third-order valence-corrected chi connectivity index (χ3v) is 2.72. The Balaban J connectivity index is 2.48. The summed E-state index contributed by atoms with van der Waals surface area (Å²) in [6.45, 7) is 6.37. The van der Waals surface area contributed by atoms with Crippen molar-refractivity contribution in [1.29, 1.82) is 0 Å². The number of benzene rings is 1. The minimum Gasteiger partial charge on any atom is -0.395 e. The predicted molar refractivity (Wildman–Crippen MR) is 74.6 cm³/mol. The smallest absolute Gasteiger partial charge is 0.251 e. The highest BCUT2D eigenvalue weighted by Gasteiger charge is 2.19. The van der Waals surface area contributed by atoms with Gasteiger partial charge in [-0.1, -0.05) is 36.4 Å². The molecule has 0 spiro atoms. The number of ether oxygens (including phenoxy) is 1. The highest BCUT2D eigenvalue weighted by atomic mass is 16.5. The van der Waals surface area contributed by atoms with Crippen molar-refractivity contribution in [2.24, 2.45) is 0 Å². The van der Waals surface area contributed by atoms with Gasteiger partial charge in [0.1, 0.15) is 6.10 Å². The fourth-order valence-corrected chi connectivity index (χ4v) is 1.69. The first-order valence-electron chi connectivity index (χ1n) is 6.35. The first-order valence-corrected chi connectivity index (χ1v) is 6.35. The Kier molecular flexibility index (Phi) is 6.85. The van der Waals surface area contributed by atoms with Crippen LogP contribution < -0.4 is 0 Å². The third-order valence-electron chi connectivity index (χ3n) is 2.72. The number of rotatable bonds is 8. The van der Waals surface area contributed by atoms with E-state index in [1.54, 1.807) is 13.0 Å². The molecule has 1 amide bonds. The molecule has 4 nitrogen and oxygen atoms in total.